The Morgan fingerprint density at radius 3 is 2.19 bits per heavy atom. The van der Waals surface area contributed by atoms with Crippen molar-refractivity contribution in [2.45, 2.75) is 18.8 Å². The number of hydrogen-bond donors (Lipinski definition) is 1. The Morgan fingerprint density at radius 1 is 1.10 bits per heavy atom. The van der Waals surface area contributed by atoms with E-state index in [2.05, 4.69) is 5.32 Å². The van der Waals surface area contributed by atoms with Gasteiger partial charge in [0.1, 0.15) is 0 Å². The van der Waals surface area contributed by atoms with Gasteiger partial charge in [-0.25, -0.2) is 0 Å². The molecule has 3 nitrogen and oxygen atoms in total. The lowest BCUT2D eigenvalue weighted by Crippen LogP contribution is -2.42. The molecule has 1 aliphatic heterocycles. The van der Waals surface area contributed by atoms with Crippen molar-refractivity contribution in [1.29, 1.82) is 0 Å². The third-order valence-corrected chi connectivity index (χ3v) is 2.93. The fraction of sp³-hybridized carbons (Fsp3) is 0.333. The van der Waals surface area contributed by atoms with E-state index < -0.39 is 35.5 Å². The van der Waals surface area contributed by atoms with Crippen molar-refractivity contribution in [3.05, 3.63) is 29.3 Å². The van der Waals surface area contributed by atoms with Crippen molar-refractivity contribution in [2.24, 2.45) is 5.92 Å². The molecule has 0 aliphatic carbocycles. The largest absolute Gasteiger partial charge is 0.407 e. The number of rotatable bonds is 2. The molecule has 0 saturated carbocycles. The molecule has 1 aromatic carbocycles. The monoisotopic (exact) mass is 311 g/mol. The number of benzene rings is 1. The second-order valence-corrected chi connectivity index (χ2v) is 4.48. The topological polar surface area (TPSA) is 46.2 Å². The van der Waals surface area contributed by atoms with Gasteiger partial charge in [-0.05, 0) is 23.8 Å². The van der Waals surface area contributed by atoms with Crippen LogP contribution in [-0.4, -0.2) is 24.0 Å². The van der Waals surface area contributed by atoms with Crippen LogP contribution in [0.2, 0.25) is 0 Å². The summed E-state index contributed by atoms with van der Waals surface area (Å²) in [4.78, 5) is 22.7. The van der Waals surface area contributed by atoms with Crippen LogP contribution >= 0.6 is 0 Å². The molecule has 0 fully saturated rings. The Morgan fingerprint density at radius 2 is 1.67 bits per heavy atom. The van der Waals surface area contributed by atoms with Crippen molar-refractivity contribution >= 4 is 17.4 Å². The van der Waals surface area contributed by atoms with Crippen LogP contribution in [-0.2, 0) is 11.2 Å². The zero-order chi connectivity index (χ0) is 16.0. The third kappa shape index (κ3) is 3.01. The minimum atomic E-state index is -5.73. The molecule has 0 saturated heterocycles. The van der Waals surface area contributed by atoms with Crippen LogP contribution in [0, 0.1) is 5.92 Å². The smallest absolute Gasteiger partial charge is 0.326 e. The Hall–Kier alpha value is -2.06. The summed E-state index contributed by atoms with van der Waals surface area (Å²) in [6.45, 7) is 0. The summed E-state index contributed by atoms with van der Waals surface area (Å²) in [5, 5.41) is 2.36. The van der Waals surface area contributed by atoms with Gasteiger partial charge in [-0.3, -0.25) is 9.59 Å². The van der Waals surface area contributed by atoms with Crippen LogP contribution < -0.4 is 5.32 Å². The van der Waals surface area contributed by atoms with E-state index in [1.54, 1.807) is 0 Å². The molecule has 114 valence electrons. The molecule has 0 atom stereocenters. The molecule has 21 heavy (non-hydrogen) atoms. The van der Waals surface area contributed by atoms with E-state index in [4.69, 9.17) is 0 Å². The molecule has 0 aromatic heterocycles. The molecule has 1 N–H and O–H groups in total. The zero-order valence-electron chi connectivity index (χ0n) is 10.1. The second-order valence-electron chi connectivity index (χ2n) is 4.48. The molecule has 1 aliphatic rings. The molecule has 1 heterocycles. The van der Waals surface area contributed by atoms with Gasteiger partial charge in [0.25, 0.3) is 0 Å². The summed E-state index contributed by atoms with van der Waals surface area (Å²) in [5.41, 5.74) is -0.272. The summed E-state index contributed by atoms with van der Waals surface area (Å²) in [6.07, 6.45) is -11.7. The first-order chi connectivity index (χ1) is 9.50. The van der Waals surface area contributed by atoms with E-state index in [9.17, 15) is 35.9 Å². The van der Waals surface area contributed by atoms with Crippen LogP contribution in [0.4, 0.5) is 32.0 Å². The van der Waals surface area contributed by atoms with Crippen molar-refractivity contribution in [3.63, 3.8) is 0 Å². The van der Waals surface area contributed by atoms with Crippen LogP contribution in [0.5, 0.6) is 0 Å². The maximum atomic E-state index is 12.5. The number of halogens is 6. The summed E-state index contributed by atoms with van der Waals surface area (Å²) in [7, 11) is 0. The Labute approximate surface area is 113 Å². The number of nitrogens with one attached hydrogen (secondary N) is 1. The predicted octanol–water partition coefficient (Wildman–Crippen LogP) is 3.10. The van der Waals surface area contributed by atoms with E-state index in [0.717, 1.165) is 18.2 Å². The van der Waals surface area contributed by atoms with E-state index in [0.29, 0.717) is 0 Å². The molecular weight excluding hydrogens is 304 g/mol. The molecule has 0 radical (unpaired) electrons. The maximum Gasteiger partial charge on any atom is 0.407 e. The first-order valence-corrected chi connectivity index (χ1v) is 5.60. The number of amides is 1. The minimum absolute atomic E-state index is 0.189. The summed E-state index contributed by atoms with van der Waals surface area (Å²) >= 11 is 0. The average Bonchev–Trinajstić information content (AvgIpc) is 2.63. The SMILES string of the molecule is O=C1Cc2cc(C(=O)C(C(F)(F)F)C(F)(F)F)ccc2N1. The van der Waals surface area contributed by atoms with Crippen LogP contribution in [0.3, 0.4) is 0 Å². The van der Waals surface area contributed by atoms with Crippen LogP contribution in [0.1, 0.15) is 15.9 Å². The Kier molecular flexibility index (Phi) is 3.46. The normalized spacial score (nSPS) is 15.1. The lowest BCUT2D eigenvalue weighted by molar-refractivity contribution is -0.264. The highest BCUT2D eigenvalue weighted by Gasteiger charge is 2.60. The van der Waals surface area contributed by atoms with Gasteiger partial charge in [-0.15, -0.1) is 0 Å². The van der Waals surface area contributed by atoms with Crippen molar-refractivity contribution in [2.75, 3.05) is 5.32 Å². The fourth-order valence-corrected chi connectivity index (χ4v) is 2.03. The number of alkyl halides is 6. The van der Waals surface area contributed by atoms with Gasteiger partial charge >= 0.3 is 12.4 Å². The van der Waals surface area contributed by atoms with Crippen molar-refractivity contribution in [1.82, 2.24) is 0 Å². The van der Waals surface area contributed by atoms with Gasteiger partial charge in [0.2, 0.25) is 11.8 Å². The third-order valence-electron chi connectivity index (χ3n) is 2.93. The molecule has 1 amide bonds. The van der Waals surface area contributed by atoms with Crippen molar-refractivity contribution in [3.8, 4) is 0 Å². The van der Waals surface area contributed by atoms with Gasteiger partial charge < -0.3 is 5.32 Å². The number of carbonyl (C=O) groups excluding carboxylic acids is 2. The summed E-state index contributed by atoms with van der Waals surface area (Å²) < 4.78 is 74.9. The highest BCUT2D eigenvalue weighted by Crippen LogP contribution is 2.41. The molecule has 2 rings (SSSR count). The zero-order valence-corrected chi connectivity index (χ0v) is 10.1. The number of fused-ring (bicyclic) bond motifs is 1. The van der Waals surface area contributed by atoms with Gasteiger partial charge in [0.15, 0.2) is 5.78 Å². The molecule has 0 bridgehead atoms. The second kappa shape index (κ2) is 4.74. The maximum absolute atomic E-state index is 12.5. The van der Waals surface area contributed by atoms with Gasteiger partial charge in [-0.1, -0.05) is 0 Å². The van der Waals surface area contributed by atoms with E-state index in [1.165, 1.54) is 0 Å². The van der Waals surface area contributed by atoms with Gasteiger partial charge in [0.05, 0.1) is 6.42 Å². The van der Waals surface area contributed by atoms with E-state index >= 15 is 0 Å². The number of carbonyl (C=O) groups is 2. The van der Waals surface area contributed by atoms with Gasteiger partial charge in [-0.2, -0.15) is 26.3 Å². The Balaban J connectivity index is 2.39. The quantitative estimate of drug-likeness (QED) is 0.674. The molecule has 0 spiro atoms. The van der Waals surface area contributed by atoms with E-state index in [-0.39, 0.29) is 17.7 Å². The first-order valence-electron chi connectivity index (χ1n) is 5.60. The highest BCUT2D eigenvalue weighted by molar-refractivity contribution is 6.03. The number of hydrogen-bond acceptors (Lipinski definition) is 2. The first kappa shape index (κ1) is 15.3. The molecular formula is C12H7F6NO2. The molecule has 0 unspecified atom stereocenters. The predicted molar refractivity (Wildman–Crippen MR) is 58.7 cm³/mol. The summed E-state index contributed by atoms with van der Waals surface area (Å²) in [5.74, 6) is -6.61. The summed E-state index contributed by atoms with van der Waals surface area (Å²) in [6, 6.07) is 2.81. The van der Waals surface area contributed by atoms with Crippen LogP contribution in [0.15, 0.2) is 18.2 Å². The number of Topliss-reactive ketones (excluding diaryl/α,β-unsaturated/α-hetero) is 1. The standard InChI is InChI=1S/C12H7F6NO2/c13-11(14,15)10(12(16,17)18)9(21)5-1-2-7-6(3-5)4-8(20)19-7/h1-3,10H,4H2,(H,19,20). The average molecular weight is 311 g/mol. The molecule has 9 heteroatoms. The minimum Gasteiger partial charge on any atom is -0.326 e. The van der Waals surface area contributed by atoms with E-state index in [1.807, 2.05) is 0 Å². The Bertz CT molecular complexity index is 591. The fourth-order valence-electron chi connectivity index (χ4n) is 2.03. The van der Waals surface area contributed by atoms with Crippen LogP contribution in [0.25, 0.3) is 0 Å². The number of anilines is 1. The number of ketones is 1. The van der Waals surface area contributed by atoms with Crippen molar-refractivity contribution < 1.29 is 35.9 Å². The molecule has 1 aromatic rings. The highest BCUT2D eigenvalue weighted by atomic mass is 19.4. The van der Waals surface area contributed by atoms with Gasteiger partial charge in [0, 0.05) is 11.3 Å². The lowest BCUT2D eigenvalue weighted by Gasteiger charge is -2.21. The lowest BCUT2D eigenvalue weighted by atomic mass is 9.94.